The summed E-state index contributed by atoms with van der Waals surface area (Å²) in [4.78, 5) is 25.3. The topological polar surface area (TPSA) is 250 Å². The van der Waals surface area contributed by atoms with E-state index in [2.05, 4.69) is 0 Å². The SMILES string of the molecule is CCc1cc(O)cc(O)c1C(=O)OC1C(C)OC(OC/C(C=O)=C\C=C\CC(O)/C(C)=C/C(CC)C(OC2OC(C)(C)C3OC(C(C)C)OC3C2O)/C(C)=C/C(C)=C/CC(O)C(C)O)C(OC)C1O. The zero-order chi connectivity index (χ0) is 51.5. The van der Waals surface area contributed by atoms with Gasteiger partial charge in [0.25, 0.3) is 0 Å². The van der Waals surface area contributed by atoms with Crippen LogP contribution < -0.4 is 0 Å². The van der Waals surface area contributed by atoms with Crippen molar-refractivity contribution in [2.24, 2.45) is 11.8 Å². The first-order valence-electron chi connectivity index (χ1n) is 23.9. The first-order valence-corrected chi connectivity index (χ1v) is 23.9. The number of hydrogen-bond donors (Lipinski definition) is 7. The third-order valence-electron chi connectivity index (χ3n) is 12.8. The number of aromatic hydroxyl groups is 2. The van der Waals surface area contributed by atoms with Crippen molar-refractivity contribution in [3.8, 4) is 11.5 Å². The summed E-state index contributed by atoms with van der Waals surface area (Å²) < 4.78 is 48.5. The molecule has 0 aromatic heterocycles. The molecule has 3 aliphatic rings. The molecule has 1 aromatic carbocycles. The van der Waals surface area contributed by atoms with Gasteiger partial charge in [0.05, 0.1) is 42.7 Å². The second kappa shape index (κ2) is 26.0. The maximum atomic E-state index is 13.2. The fraction of sp³-hybridized carbons (Fsp3) is 0.654. The highest BCUT2D eigenvalue weighted by atomic mass is 16.8. The summed E-state index contributed by atoms with van der Waals surface area (Å²) in [6.45, 7) is 19.9. The Hall–Kier alpha value is -3.82. The largest absolute Gasteiger partial charge is 0.508 e. The molecule has 15 atom stereocenters. The monoisotopic (exact) mass is 975 g/mol. The molecule has 69 heavy (non-hydrogen) atoms. The molecular formula is C52H78O17. The van der Waals surface area contributed by atoms with E-state index in [1.54, 1.807) is 26.0 Å². The van der Waals surface area contributed by atoms with Gasteiger partial charge in [-0.25, -0.2) is 4.79 Å². The van der Waals surface area contributed by atoms with E-state index in [-0.39, 0.29) is 48.2 Å². The predicted molar refractivity (Wildman–Crippen MR) is 255 cm³/mol. The van der Waals surface area contributed by atoms with Crippen molar-refractivity contribution in [1.82, 2.24) is 0 Å². The number of aliphatic hydroxyl groups is 5. The highest BCUT2D eigenvalue weighted by Crippen LogP contribution is 2.42. The van der Waals surface area contributed by atoms with Gasteiger partial charge in [-0.3, -0.25) is 4.79 Å². The van der Waals surface area contributed by atoms with Crippen LogP contribution in [0.1, 0.15) is 111 Å². The van der Waals surface area contributed by atoms with E-state index in [1.165, 1.54) is 26.2 Å². The van der Waals surface area contributed by atoms with Crippen LogP contribution in [0.5, 0.6) is 11.5 Å². The molecule has 17 nitrogen and oxygen atoms in total. The lowest BCUT2D eigenvalue weighted by Crippen LogP contribution is -2.62. The number of methoxy groups -OCH3 is 1. The number of aldehydes is 1. The molecule has 388 valence electrons. The van der Waals surface area contributed by atoms with E-state index < -0.39 is 103 Å². The van der Waals surface area contributed by atoms with Crippen LogP contribution in [0.25, 0.3) is 0 Å². The Labute approximate surface area is 407 Å². The smallest absolute Gasteiger partial charge is 0.342 e. The summed E-state index contributed by atoms with van der Waals surface area (Å²) in [5.41, 5.74) is 1.84. The molecule has 0 spiro atoms. The summed E-state index contributed by atoms with van der Waals surface area (Å²) in [5, 5.41) is 74.5. The Bertz CT molecular complexity index is 2000. The quantitative estimate of drug-likeness (QED) is 0.0238. The van der Waals surface area contributed by atoms with Gasteiger partial charge < -0.3 is 73.6 Å². The lowest BCUT2D eigenvalue weighted by Gasteiger charge is -2.46. The number of aliphatic hydroxyl groups excluding tert-OH is 5. The predicted octanol–water partition coefficient (Wildman–Crippen LogP) is 5.40. The van der Waals surface area contributed by atoms with Crippen LogP contribution >= 0.6 is 0 Å². The molecule has 3 saturated heterocycles. The molecule has 0 aliphatic carbocycles. The van der Waals surface area contributed by atoms with Crippen molar-refractivity contribution in [1.29, 1.82) is 0 Å². The molecule has 0 radical (unpaired) electrons. The number of carbonyl (C=O) groups excluding carboxylic acids is 2. The number of benzene rings is 1. The van der Waals surface area contributed by atoms with E-state index in [4.69, 9.17) is 37.9 Å². The molecule has 17 heteroatoms. The zero-order valence-corrected chi connectivity index (χ0v) is 42.2. The number of hydrogen-bond acceptors (Lipinski definition) is 17. The van der Waals surface area contributed by atoms with Gasteiger partial charge >= 0.3 is 5.97 Å². The van der Waals surface area contributed by atoms with E-state index in [9.17, 15) is 45.3 Å². The molecule has 0 saturated carbocycles. The number of phenols is 2. The Morgan fingerprint density at radius 3 is 2.23 bits per heavy atom. The molecule has 1 aromatic rings. The standard InChI is InChI=1S/C52H78O17/c1-13-34-23-36(55)24-39(58)40(34)48(61)65-44-32(9)64-51(46(62-12)41(44)59)63-26-33(25-53)17-15-16-18-37(56)29(6)22-35(14-2)43(30(7)21-28(5)19-20-38(57)31(8)54)66-50-42(60)45-47(52(10,11)69-50)68-49(67-45)27(3)4/h15-17,19,21-25,27,31-32,35,37-38,41-47,49-51,54-60H,13-14,18,20,26H2,1-12H3/b16-15+,28-19+,29-22+,30-21+,33-17-. The van der Waals surface area contributed by atoms with E-state index >= 15 is 0 Å². The highest BCUT2D eigenvalue weighted by molar-refractivity contribution is 5.94. The molecule has 0 bridgehead atoms. The molecule has 4 rings (SSSR count). The first-order chi connectivity index (χ1) is 32.5. The van der Waals surface area contributed by atoms with Crippen LogP contribution in [0.2, 0.25) is 0 Å². The lowest BCUT2D eigenvalue weighted by molar-refractivity contribution is -0.314. The summed E-state index contributed by atoms with van der Waals surface area (Å²) >= 11 is 0. The van der Waals surface area contributed by atoms with E-state index in [1.807, 2.05) is 73.6 Å². The third-order valence-corrected chi connectivity index (χ3v) is 12.8. The van der Waals surface area contributed by atoms with Crippen molar-refractivity contribution in [2.45, 2.75) is 193 Å². The Balaban J connectivity index is 1.45. The van der Waals surface area contributed by atoms with Crippen LogP contribution in [0.15, 0.2) is 70.9 Å². The van der Waals surface area contributed by atoms with Crippen molar-refractivity contribution < 1.29 is 83.2 Å². The lowest BCUT2D eigenvalue weighted by atomic mass is 9.88. The van der Waals surface area contributed by atoms with Gasteiger partial charge in [0.1, 0.15) is 53.9 Å². The Kier molecular flexibility index (Phi) is 21.8. The van der Waals surface area contributed by atoms with E-state index in [0.29, 0.717) is 30.3 Å². The van der Waals surface area contributed by atoms with Crippen LogP contribution in [0.3, 0.4) is 0 Å². The van der Waals surface area contributed by atoms with Gasteiger partial charge in [0.15, 0.2) is 25.0 Å². The fourth-order valence-corrected chi connectivity index (χ4v) is 8.67. The third kappa shape index (κ3) is 15.1. The molecular weight excluding hydrogens is 897 g/mol. The van der Waals surface area contributed by atoms with Crippen molar-refractivity contribution >= 4 is 12.3 Å². The molecule has 3 fully saturated rings. The molecule has 15 unspecified atom stereocenters. The number of carbonyl (C=O) groups is 2. The van der Waals surface area contributed by atoms with Gasteiger partial charge in [0, 0.05) is 30.6 Å². The highest BCUT2D eigenvalue weighted by Gasteiger charge is 2.57. The van der Waals surface area contributed by atoms with Gasteiger partial charge in [-0.2, -0.15) is 0 Å². The van der Waals surface area contributed by atoms with Crippen LogP contribution in [-0.2, 0) is 49.1 Å². The van der Waals surface area contributed by atoms with Gasteiger partial charge in [-0.1, -0.05) is 69.7 Å². The summed E-state index contributed by atoms with van der Waals surface area (Å²) in [6.07, 6.45) is -0.729. The van der Waals surface area contributed by atoms with E-state index in [0.717, 1.165) is 17.2 Å². The van der Waals surface area contributed by atoms with Crippen molar-refractivity contribution in [3.63, 3.8) is 0 Å². The number of phenolic OH excluding ortho intramolecular Hbond substituents is 2. The normalized spacial score (nSPS) is 30.2. The number of allylic oxidation sites excluding steroid dienone is 4. The second-order valence-corrected chi connectivity index (χ2v) is 19.2. The first kappa shape index (κ1) is 57.8. The number of fused-ring (bicyclic) bond motifs is 1. The molecule has 7 N–H and O–H groups in total. The minimum absolute atomic E-state index is 0.0455. The van der Waals surface area contributed by atoms with Gasteiger partial charge in [-0.15, -0.1) is 0 Å². The minimum atomic E-state index is -1.42. The molecule has 3 aliphatic heterocycles. The van der Waals surface area contributed by atoms with Crippen molar-refractivity contribution in [2.75, 3.05) is 13.7 Å². The summed E-state index contributed by atoms with van der Waals surface area (Å²) in [7, 11) is 1.32. The number of aryl methyl sites for hydroxylation is 1. The summed E-state index contributed by atoms with van der Waals surface area (Å²) in [6, 6.07) is 2.37. The average Bonchev–Trinajstić information content (AvgIpc) is 3.77. The second-order valence-electron chi connectivity index (χ2n) is 19.2. The average molecular weight is 975 g/mol. The van der Waals surface area contributed by atoms with Crippen LogP contribution in [0.4, 0.5) is 0 Å². The molecule has 0 amide bonds. The minimum Gasteiger partial charge on any atom is -0.508 e. The maximum Gasteiger partial charge on any atom is 0.342 e. The Morgan fingerprint density at radius 1 is 0.928 bits per heavy atom. The van der Waals surface area contributed by atoms with Crippen LogP contribution in [-0.4, -0.2) is 153 Å². The van der Waals surface area contributed by atoms with Gasteiger partial charge in [0.2, 0.25) is 0 Å². The number of ether oxygens (including phenoxy) is 8. The number of esters is 1. The number of rotatable bonds is 23. The molecule has 3 heterocycles. The summed E-state index contributed by atoms with van der Waals surface area (Å²) in [5.74, 6) is -1.87. The Morgan fingerprint density at radius 2 is 1.62 bits per heavy atom. The zero-order valence-electron chi connectivity index (χ0n) is 42.2. The van der Waals surface area contributed by atoms with Crippen LogP contribution in [0, 0.1) is 11.8 Å². The maximum absolute atomic E-state index is 13.2. The van der Waals surface area contributed by atoms with Gasteiger partial charge in [-0.05, 0) is 96.9 Å². The van der Waals surface area contributed by atoms with Crippen molar-refractivity contribution in [3.05, 3.63) is 82.0 Å². The fourth-order valence-electron chi connectivity index (χ4n) is 8.67.